The Kier molecular flexibility index (Phi) is 9.11. The Morgan fingerprint density at radius 3 is 2.60 bits per heavy atom. The molecule has 0 saturated heterocycles. The fourth-order valence-corrected chi connectivity index (χ4v) is 6.31. The summed E-state index contributed by atoms with van der Waals surface area (Å²) in [6.07, 6.45) is 9.78. The van der Waals surface area contributed by atoms with Crippen molar-refractivity contribution in [3.8, 4) is 17.2 Å². The number of carbonyl (C=O) groups excluding carboxylic acids is 1. The van der Waals surface area contributed by atoms with Crippen molar-refractivity contribution in [2.24, 2.45) is 10.1 Å². The molecule has 1 saturated carbocycles. The van der Waals surface area contributed by atoms with Gasteiger partial charge in [-0.05, 0) is 84.8 Å². The first-order valence-corrected chi connectivity index (χ1v) is 14.9. The van der Waals surface area contributed by atoms with Gasteiger partial charge in [0.1, 0.15) is 24.0 Å². The second-order valence-corrected chi connectivity index (χ2v) is 11.3. The molecule has 0 spiro atoms. The van der Waals surface area contributed by atoms with E-state index in [1.807, 2.05) is 12.1 Å². The molecule has 0 unspecified atom stereocenters. The molecular formula is C30H33ClN4O4S. The molecule has 2 aromatic rings. The summed E-state index contributed by atoms with van der Waals surface area (Å²) in [4.78, 5) is 16.9. The lowest BCUT2D eigenvalue weighted by Gasteiger charge is -2.22. The van der Waals surface area contributed by atoms with Crippen LogP contribution in [0.25, 0.3) is 6.08 Å². The van der Waals surface area contributed by atoms with Crippen LogP contribution in [-0.2, 0) is 4.79 Å². The van der Waals surface area contributed by atoms with Gasteiger partial charge in [-0.15, -0.1) is 0 Å². The van der Waals surface area contributed by atoms with E-state index < -0.39 is 5.91 Å². The Labute approximate surface area is 243 Å². The molecule has 1 amide bonds. The maximum Gasteiger partial charge on any atom is 0.283 e. The monoisotopic (exact) mass is 580 g/mol. The van der Waals surface area contributed by atoms with Crippen molar-refractivity contribution in [3.63, 3.8) is 0 Å². The van der Waals surface area contributed by atoms with E-state index >= 15 is 0 Å². The van der Waals surface area contributed by atoms with Crippen molar-refractivity contribution in [2.45, 2.75) is 57.8 Å². The second-order valence-electron chi connectivity index (χ2n) is 9.90. The summed E-state index contributed by atoms with van der Waals surface area (Å²) in [7, 11) is 1.52. The molecule has 1 aliphatic carbocycles. The van der Waals surface area contributed by atoms with E-state index in [0.717, 1.165) is 23.6 Å². The highest BCUT2D eigenvalue weighted by Crippen LogP contribution is 2.38. The largest absolute Gasteiger partial charge is 0.493 e. The molecule has 0 aromatic heterocycles. The fourth-order valence-electron chi connectivity index (χ4n) is 5.05. The van der Waals surface area contributed by atoms with Crippen LogP contribution in [-0.4, -0.2) is 47.3 Å². The van der Waals surface area contributed by atoms with E-state index in [0.29, 0.717) is 39.8 Å². The molecule has 40 heavy (non-hydrogen) atoms. The average Bonchev–Trinajstić information content (AvgIpc) is 3.37. The minimum Gasteiger partial charge on any atom is -0.493 e. The van der Waals surface area contributed by atoms with Gasteiger partial charge < -0.3 is 14.2 Å². The van der Waals surface area contributed by atoms with Crippen LogP contribution >= 0.6 is 23.4 Å². The van der Waals surface area contributed by atoms with Gasteiger partial charge in [-0.3, -0.25) is 10.2 Å². The van der Waals surface area contributed by atoms with Gasteiger partial charge in [0.05, 0.1) is 17.7 Å². The summed E-state index contributed by atoms with van der Waals surface area (Å²) < 4.78 is 17.3. The number of halogens is 1. The number of nitrogens with one attached hydrogen (secondary N) is 1. The number of benzene rings is 2. The highest BCUT2D eigenvalue weighted by molar-refractivity contribution is 8.26. The van der Waals surface area contributed by atoms with E-state index in [2.05, 4.69) is 29.2 Å². The number of amidine groups is 2. The molecule has 210 valence electrons. The molecule has 8 nitrogen and oxygen atoms in total. The van der Waals surface area contributed by atoms with Crippen LogP contribution in [0.5, 0.6) is 17.2 Å². The maximum absolute atomic E-state index is 12.7. The minimum atomic E-state index is -0.490. The van der Waals surface area contributed by atoms with Crippen molar-refractivity contribution < 1.29 is 19.0 Å². The van der Waals surface area contributed by atoms with Gasteiger partial charge in [0.2, 0.25) is 5.17 Å². The van der Waals surface area contributed by atoms with Crippen LogP contribution in [0.15, 0.2) is 52.1 Å². The van der Waals surface area contributed by atoms with E-state index in [1.54, 1.807) is 18.2 Å². The first-order valence-electron chi connectivity index (χ1n) is 13.7. The lowest BCUT2D eigenvalue weighted by atomic mass is 9.84. The van der Waals surface area contributed by atoms with E-state index in [-0.39, 0.29) is 18.0 Å². The molecule has 2 aromatic carbocycles. The highest BCUT2D eigenvalue weighted by atomic mass is 35.5. The number of hydrogen-bond donors (Lipinski definition) is 1. The Morgan fingerprint density at radius 2 is 1.88 bits per heavy atom. The van der Waals surface area contributed by atoms with Gasteiger partial charge in [0.15, 0.2) is 17.3 Å². The number of thioether (sulfide) groups is 1. The van der Waals surface area contributed by atoms with Gasteiger partial charge in [0.25, 0.3) is 5.91 Å². The summed E-state index contributed by atoms with van der Waals surface area (Å²) in [5.74, 6) is 1.76. The quantitative estimate of drug-likeness (QED) is 0.234. The Morgan fingerprint density at radius 1 is 1.12 bits per heavy atom. The topological polar surface area (TPSA) is 96.6 Å². The molecule has 5 rings (SSSR count). The van der Waals surface area contributed by atoms with Gasteiger partial charge in [0, 0.05) is 0 Å². The zero-order valence-corrected chi connectivity index (χ0v) is 24.3. The summed E-state index contributed by atoms with van der Waals surface area (Å²) in [5.41, 5.74) is 2.10. The molecule has 0 atom stereocenters. The first-order chi connectivity index (χ1) is 19.5. The number of methoxy groups -OCH3 is 1. The van der Waals surface area contributed by atoms with Crippen molar-refractivity contribution in [1.29, 1.82) is 5.41 Å². The predicted molar refractivity (Wildman–Crippen MR) is 161 cm³/mol. The number of aliphatic imine (C=N–C) groups is 1. The third-order valence-electron chi connectivity index (χ3n) is 7.08. The second kappa shape index (κ2) is 12.9. The van der Waals surface area contributed by atoms with Crippen LogP contribution < -0.4 is 14.2 Å². The van der Waals surface area contributed by atoms with Crippen molar-refractivity contribution in [1.82, 2.24) is 5.01 Å². The molecule has 3 aliphatic rings. The first kappa shape index (κ1) is 28.2. The summed E-state index contributed by atoms with van der Waals surface area (Å²) >= 11 is 7.89. The van der Waals surface area contributed by atoms with Crippen molar-refractivity contribution in [3.05, 3.63) is 58.1 Å². The Hall–Kier alpha value is -3.30. The number of nitrogens with zero attached hydrogens (tertiary/aromatic N) is 3. The Bertz CT molecular complexity index is 1370. The maximum atomic E-state index is 12.7. The third kappa shape index (κ3) is 6.36. The lowest BCUT2D eigenvalue weighted by Crippen LogP contribution is -2.35. The Balaban J connectivity index is 1.21. The number of fused-ring (bicyclic) bond motifs is 1. The molecule has 1 fully saturated rings. The van der Waals surface area contributed by atoms with E-state index in [4.69, 9.17) is 31.2 Å². The SMILES string of the molecule is CCCC1=NN2C(=N)/C(=C/c3cc(Cl)c(OCCOc4ccc(C5CCCCC5)cc4)c(OC)c3)C(=O)N=C2S1. The standard InChI is InChI=1S/C30H33ClN4O4S/c1-3-7-26-34-35-28(32)23(29(36)33-30(35)40-26)16-19-17-24(31)27(25(18-19)37-2)39-15-14-38-22-12-10-21(11-13-22)20-8-5-4-6-9-20/h10-13,16-18,20,32H,3-9,14-15H2,1-2H3/b23-16-,32-28?. The van der Waals surface area contributed by atoms with Crippen LogP contribution in [0, 0.1) is 5.41 Å². The van der Waals surface area contributed by atoms with Crippen LogP contribution in [0.1, 0.15) is 68.9 Å². The fraction of sp³-hybridized carbons (Fsp3) is 0.400. The third-order valence-corrected chi connectivity index (χ3v) is 8.33. The normalized spacial score (nSPS) is 18.5. The number of amides is 1. The zero-order chi connectivity index (χ0) is 28.1. The predicted octanol–water partition coefficient (Wildman–Crippen LogP) is 7.27. The van der Waals surface area contributed by atoms with Crippen LogP contribution in [0.4, 0.5) is 0 Å². The molecule has 2 aliphatic heterocycles. The zero-order valence-electron chi connectivity index (χ0n) is 22.7. The molecule has 0 radical (unpaired) electrons. The molecular weight excluding hydrogens is 548 g/mol. The molecule has 2 heterocycles. The number of hydrogen-bond acceptors (Lipinski definition) is 7. The summed E-state index contributed by atoms with van der Waals surface area (Å²) in [6.45, 7) is 2.66. The highest BCUT2D eigenvalue weighted by Gasteiger charge is 2.35. The number of carbonyl (C=O) groups is 1. The van der Waals surface area contributed by atoms with Gasteiger partial charge in [-0.25, -0.2) is 0 Å². The molecule has 10 heteroatoms. The minimum absolute atomic E-state index is 0.0204. The smallest absolute Gasteiger partial charge is 0.283 e. The van der Waals surface area contributed by atoms with Gasteiger partial charge in [-0.1, -0.05) is 49.9 Å². The average molecular weight is 581 g/mol. The lowest BCUT2D eigenvalue weighted by molar-refractivity contribution is -0.114. The summed E-state index contributed by atoms with van der Waals surface area (Å²) in [5, 5.41) is 16.0. The van der Waals surface area contributed by atoms with E-state index in [1.165, 1.54) is 61.5 Å². The molecule has 0 bridgehead atoms. The summed E-state index contributed by atoms with van der Waals surface area (Å²) in [6, 6.07) is 11.8. The van der Waals surface area contributed by atoms with Crippen LogP contribution in [0.3, 0.4) is 0 Å². The van der Waals surface area contributed by atoms with Gasteiger partial charge in [-0.2, -0.15) is 15.1 Å². The van der Waals surface area contributed by atoms with Crippen molar-refractivity contribution in [2.75, 3.05) is 20.3 Å². The van der Waals surface area contributed by atoms with E-state index in [9.17, 15) is 4.79 Å². The van der Waals surface area contributed by atoms with Crippen molar-refractivity contribution >= 4 is 51.4 Å². The van der Waals surface area contributed by atoms with Gasteiger partial charge >= 0.3 is 0 Å². The number of hydrazone groups is 1. The number of ether oxygens (including phenoxy) is 3. The number of rotatable bonds is 10. The molecule has 1 N–H and O–H groups in total. The van der Waals surface area contributed by atoms with Crippen LogP contribution in [0.2, 0.25) is 5.02 Å².